The van der Waals surface area contributed by atoms with Gasteiger partial charge in [-0.15, -0.1) is 0 Å². The smallest absolute Gasteiger partial charge is 0.303 e. The molecule has 2 N–H and O–H groups in total. The van der Waals surface area contributed by atoms with E-state index in [1.54, 1.807) is 0 Å². The molecule has 0 spiro atoms. The average Bonchev–Trinajstić information content (AvgIpc) is 2.64. The van der Waals surface area contributed by atoms with E-state index in [-0.39, 0.29) is 12.3 Å². The van der Waals surface area contributed by atoms with E-state index in [1.165, 1.54) is 44.9 Å². The Morgan fingerprint density at radius 3 is 2.21 bits per heavy atom. The van der Waals surface area contributed by atoms with Crippen molar-refractivity contribution in [3.63, 3.8) is 0 Å². The number of benzene rings is 1. The van der Waals surface area contributed by atoms with Crippen LogP contribution < -0.4 is 0 Å². The Hall–Kier alpha value is -1.51. The van der Waals surface area contributed by atoms with Crippen molar-refractivity contribution in [1.82, 2.24) is 0 Å². The van der Waals surface area contributed by atoms with Crippen LogP contribution in [0.25, 0.3) is 0 Å². The molecular weight excluding hydrogens is 348 g/mol. The van der Waals surface area contributed by atoms with Crippen molar-refractivity contribution in [2.75, 3.05) is 0 Å². The fourth-order valence-electron chi connectivity index (χ4n) is 3.86. The molecule has 0 saturated heterocycles. The van der Waals surface area contributed by atoms with Crippen molar-refractivity contribution in [1.29, 1.82) is 0 Å². The monoisotopic (exact) mass is 390 g/mol. The van der Waals surface area contributed by atoms with Crippen molar-refractivity contribution < 1.29 is 15.0 Å². The summed E-state index contributed by atoms with van der Waals surface area (Å²) in [5, 5.41) is 19.7. The molecule has 1 unspecified atom stereocenters. The molecule has 0 fully saturated rings. The fourth-order valence-corrected chi connectivity index (χ4v) is 3.86. The second-order valence-electron chi connectivity index (χ2n) is 8.73. The molecule has 28 heavy (non-hydrogen) atoms. The number of aryl methyl sites for hydroxylation is 1. The summed E-state index contributed by atoms with van der Waals surface area (Å²) in [6.07, 6.45) is 14.0. The Labute approximate surface area is 172 Å². The molecule has 0 heterocycles. The Balaban J connectivity index is 2.49. The molecule has 1 atom stereocenters. The van der Waals surface area contributed by atoms with Gasteiger partial charge in [-0.2, -0.15) is 0 Å². The van der Waals surface area contributed by atoms with E-state index >= 15 is 0 Å². The van der Waals surface area contributed by atoms with Gasteiger partial charge in [0, 0.05) is 0 Å². The number of hydrogen-bond acceptors (Lipinski definition) is 2. The zero-order chi connectivity index (χ0) is 20.8. The van der Waals surface area contributed by atoms with Crippen LogP contribution >= 0.6 is 0 Å². The average molecular weight is 391 g/mol. The first kappa shape index (κ1) is 24.5. The molecule has 0 bridgehead atoms. The van der Waals surface area contributed by atoms with Crippen molar-refractivity contribution in [3.8, 4) is 5.75 Å². The number of carboxylic acid groups (broad SMARTS) is 1. The second-order valence-corrected chi connectivity index (χ2v) is 8.73. The molecule has 1 rings (SSSR count). The molecule has 0 radical (unpaired) electrons. The molecule has 1 aromatic carbocycles. The van der Waals surface area contributed by atoms with Gasteiger partial charge in [0.15, 0.2) is 0 Å². The van der Waals surface area contributed by atoms with Crippen LogP contribution in [0, 0.1) is 5.92 Å². The number of aliphatic carboxylic acids is 1. The van der Waals surface area contributed by atoms with Gasteiger partial charge in [-0.3, -0.25) is 4.79 Å². The predicted molar refractivity (Wildman–Crippen MR) is 118 cm³/mol. The summed E-state index contributed by atoms with van der Waals surface area (Å²) < 4.78 is 0. The Kier molecular flexibility index (Phi) is 12.7. The largest absolute Gasteiger partial charge is 0.508 e. The first-order valence-corrected chi connectivity index (χ1v) is 11.5. The fraction of sp³-hybridized carbons (Fsp3) is 0.720. The van der Waals surface area contributed by atoms with Gasteiger partial charge in [-0.25, -0.2) is 0 Å². The molecule has 0 aliphatic heterocycles. The molecule has 160 valence electrons. The standard InChI is InChI=1S/C25H42O3/c1-4-5-6-11-15-22(19-25(27)28)23-17-16-21(24(26)18-23)14-12-9-7-8-10-13-20(2)3/h16-18,20,22,26H,4-15,19H2,1-3H3,(H,27,28). The van der Waals surface area contributed by atoms with Crippen molar-refractivity contribution in [2.24, 2.45) is 5.92 Å². The van der Waals surface area contributed by atoms with Crippen LogP contribution in [0.2, 0.25) is 0 Å². The lowest BCUT2D eigenvalue weighted by Gasteiger charge is -2.17. The third kappa shape index (κ3) is 10.7. The summed E-state index contributed by atoms with van der Waals surface area (Å²) >= 11 is 0. The SMILES string of the molecule is CCCCCCC(CC(=O)O)c1ccc(CCCCCCCC(C)C)c(O)c1. The van der Waals surface area contributed by atoms with Crippen LogP contribution in [0.15, 0.2) is 18.2 Å². The third-order valence-corrected chi connectivity index (χ3v) is 5.64. The second kappa shape index (κ2) is 14.5. The molecule has 0 amide bonds. The van der Waals surface area contributed by atoms with Crippen molar-refractivity contribution in [3.05, 3.63) is 29.3 Å². The summed E-state index contributed by atoms with van der Waals surface area (Å²) in [4.78, 5) is 11.2. The highest BCUT2D eigenvalue weighted by Crippen LogP contribution is 2.31. The minimum Gasteiger partial charge on any atom is -0.508 e. The van der Waals surface area contributed by atoms with Crippen molar-refractivity contribution in [2.45, 2.75) is 110 Å². The lowest BCUT2D eigenvalue weighted by atomic mass is 9.89. The number of phenolic OH excluding ortho intramolecular Hbond substituents is 1. The van der Waals surface area contributed by atoms with Gasteiger partial charge in [0.25, 0.3) is 0 Å². The summed E-state index contributed by atoms with van der Waals surface area (Å²) in [5.74, 6) is 0.366. The van der Waals surface area contributed by atoms with E-state index in [4.69, 9.17) is 0 Å². The maximum Gasteiger partial charge on any atom is 0.303 e. The maximum atomic E-state index is 11.2. The Morgan fingerprint density at radius 2 is 1.57 bits per heavy atom. The minimum absolute atomic E-state index is 0.00439. The number of rotatable bonds is 16. The van der Waals surface area contributed by atoms with Crippen LogP contribution in [0.3, 0.4) is 0 Å². The number of carboxylic acids is 1. The first-order valence-electron chi connectivity index (χ1n) is 11.5. The van der Waals surface area contributed by atoms with E-state index in [2.05, 4.69) is 20.8 Å². The topological polar surface area (TPSA) is 57.5 Å². The lowest BCUT2D eigenvalue weighted by molar-refractivity contribution is -0.137. The number of carbonyl (C=O) groups is 1. The van der Waals surface area contributed by atoms with Crippen LogP contribution in [-0.4, -0.2) is 16.2 Å². The van der Waals surface area contributed by atoms with Gasteiger partial charge < -0.3 is 10.2 Å². The molecule has 0 aliphatic carbocycles. The number of unbranched alkanes of at least 4 members (excludes halogenated alkanes) is 7. The van der Waals surface area contributed by atoms with E-state index in [0.717, 1.165) is 49.1 Å². The number of phenols is 1. The van der Waals surface area contributed by atoms with Crippen LogP contribution in [0.4, 0.5) is 0 Å². The van der Waals surface area contributed by atoms with Crippen LogP contribution in [0.5, 0.6) is 5.75 Å². The van der Waals surface area contributed by atoms with E-state index in [0.29, 0.717) is 5.75 Å². The number of hydrogen-bond donors (Lipinski definition) is 2. The highest BCUT2D eigenvalue weighted by Gasteiger charge is 2.17. The third-order valence-electron chi connectivity index (χ3n) is 5.64. The summed E-state index contributed by atoms with van der Waals surface area (Å²) in [7, 11) is 0. The van der Waals surface area contributed by atoms with Gasteiger partial charge in [0.2, 0.25) is 0 Å². The Bertz CT molecular complexity index is 551. The lowest BCUT2D eigenvalue weighted by Crippen LogP contribution is -2.07. The van der Waals surface area contributed by atoms with E-state index in [9.17, 15) is 15.0 Å². The van der Waals surface area contributed by atoms with Gasteiger partial charge >= 0.3 is 5.97 Å². The highest BCUT2D eigenvalue weighted by molar-refractivity contribution is 5.68. The van der Waals surface area contributed by atoms with Gasteiger partial charge in [-0.05, 0) is 48.3 Å². The normalized spacial score (nSPS) is 12.4. The quantitative estimate of drug-likeness (QED) is 0.288. The van der Waals surface area contributed by atoms with Gasteiger partial charge in [0.05, 0.1) is 6.42 Å². The number of aromatic hydroxyl groups is 1. The Morgan fingerprint density at radius 1 is 0.929 bits per heavy atom. The zero-order valence-electron chi connectivity index (χ0n) is 18.4. The summed E-state index contributed by atoms with van der Waals surface area (Å²) in [6, 6.07) is 5.85. The predicted octanol–water partition coefficient (Wildman–Crippen LogP) is 7.46. The van der Waals surface area contributed by atoms with Crippen LogP contribution in [0.1, 0.15) is 115 Å². The first-order chi connectivity index (χ1) is 13.4. The maximum absolute atomic E-state index is 11.2. The van der Waals surface area contributed by atoms with E-state index in [1.807, 2.05) is 18.2 Å². The molecule has 3 heteroatoms. The van der Waals surface area contributed by atoms with Gasteiger partial charge in [0.1, 0.15) is 5.75 Å². The van der Waals surface area contributed by atoms with Crippen molar-refractivity contribution >= 4 is 5.97 Å². The van der Waals surface area contributed by atoms with Crippen LogP contribution in [-0.2, 0) is 11.2 Å². The van der Waals surface area contributed by atoms with E-state index < -0.39 is 5.97 Å². The zero-order valence-corrected chi connectivity index (χ0v) is 18.4. The molecule has 0 saturated carbocycles. The summed E-state index contributed by atoms with van der Waals surface area (Å²) in [5.41, 5.74) is 1.96. The molecule has 1 aromatic rings. The minimum atomic E-state index is -0.762. The molecule has 0 aliphatic rings. The molecular formula is C25H42O3. The highest BCUT2D eigenvalue weighted by atomic mass is 16.4. The molecule has 3 nitrogen and oxygen atoms in total. The molecule has 0 aromatic heterocycles. The summed E-state index contributed by atoms with van der Waals surface area (Å²) in [6.45, 7) is 6.73. The van der Waals surface area contributed by atoms with Gasteiger partial charge in [-0.1, -0.05) is 90.7 Å².